The summed E-state index contributed by atoms with van der Waals surface area (Å²) in [7, 11) is 1.96. The van der Waals surface area contributed by atoms with Crippen LogP contribution < -0.4 is 0 Å². The highest BCUT2D eigenvalue weighted by Crippen LogP contribution is 2.29. The molecule has 0 saturated carbocycles. The maximum Gasteiger partial charge on any atom is 0.179 e. The quantitative estimate of drug-likeness (QED) is 0.757. The first kappa shape index (κ1) is 12.4. The van der Waals surface area contributed by atoms with E-state index in [4.69, 9.17) is 5.26 Å². The van der Waals surface area contributed by atoms with Gasteiger partial charge in [-0.05, 0) is 32.4 Å². The zero-order chi connectivity index (χ0) is 13.4. The van der Waals surface area contributed by atoms with Crippen LogP contribution in [0.3, 0.4) is 0 Å². The Morgan fingerprint density at radius 3 is 2.61 bits per heavy atom. The van der Waals surface area contributed by atoms with E-state index in [2.05, 4.69) is 6.07 Å². The largest absolute Gasteiger partial charge is 0.347 e. The van der Waals surface area contributed by atoms with Crippen LogP contribution in [-0.4, -0.2) is 10.4 Å². The number of aromatic nitrogens is 1. The molecule has 1 aromatic heterocycles. The third-order valence-corrected chi connectivity index (χ3v) is 3.43. The van der Waals surface area contributed by atoms with Crippen molar-refractivity contribution in [1.82, 2.24) is 4.57 Å². The standard InChI is InChI=1S/C15H16N2O/c1-9-7-10(2)15-12(8-9)14(11(3)17(15)4)13(18)5-6-16/h7-8H,5H2,1-4H3. The second kappa shape index (κ2) is 4.30. The molecule has 2 rings (SSSR count). The number of aryl methyl sites for hydroxylation is 3. The van der Waals surface area contributed by atoms with Crippen LogP contribution in [0.15, 0.2) is 12.1 Å². The van der Waals surface area contributed by atoms with E-state index in [1.807, 2.05) is 44.5 Å². The van der Waals surface area contributed by atoms with Gasteiger partial charge in [0.15, 0.2) is 5.78 Å². The number of rotatable bonds is 2. The molecule has 3 nitrogen and oxygen atoms in total. The molecule has 0 bridgehead atoms. The molecule has 0 aliphatic heterocycles. The molecule has 0 atom stereocenters. The fourth-order valence-electron chi connectivity index (χ4n) is 2.64. The molecular formula is C15H16N2O. The lowest BCUT2D eigenvalue weighted by molar-refractivity contribution is 0.0998. The molecule has 0 unspecified atom stereocenters. The minimum absolute atomic E-state index is 0.0626. The minimum atomic E-state index is -0.0920. The number of nitriles is 1. The number of hydrogen-bond acceptors (Lipinski definition) is 2. The Morgan fingerprint density at radius 1 is 1.33 bits per heavy atom. The highest BCUT2D eigenvalue weighted by Gasteiger charge is 2.19. The predicted molar refractivity (Wildman–Crippen MR) is 71.7 cm³/mol. The van der Waals surface area contributed by atoms with Crippen LogP contribution in [0.25, 0.3) is 10.9 Å². The van der Waals surface area contributed by atoms with Gasteiger partial charge in [-0.1, -0.05) is 11.6 Å². The number of Topliss-reactive ketones (excluding diaryl/α,β-unsaturated/α-hetero) is 1. The van der Waals surface area contributed by atoms with E-state index in [1.165, 1.54) is 0 Å². The lowest BCUT2D eigenvalue weighted by Crippen LogP contribution is -2.00. The second-order valence-corrected chi connectivity index (χ2v) is 4.76. The smallest absolute Gasteiger partial charge is 0.179 e. The lowest BCUT2D eigenvalue weighted by atomic mass is 10.0. The van der Waals surface area contributed by atoms with Gasteiger partial charge >= 0.3 is 0 Å². The van der Waals surface area contributed by atoms with E-state index in [1.54, 1.807) is 0 Å². The highest BCUT2D eigenvalue weighted by atomic mass is 16.1. The van der Waals surface area contributed by atoms with Crippen molar-refractivity contribution < 1.29 is 4.79 Å². The number of carbonyl (C=O) groups excluding carboxylic acids is 1. The molecule has 0 saturated heterocycles. The van der Waals surface area contributed by atoms with Crippen LogP contribution in [0.5, 0.6) is 0 Å². The van der Waals surface area contributed by atoms with Crippen LogP contribution in [0.2, 0.25) is 0 Å². The first-order valence-corrected chi connectivity index (χ1v) is 5.93. The van der Waals surface area contributed by atoms with Crippen molar-refractivity contribution in [2.75, 3.05) is 0 Å². The second-order valence-electron chi connectivity index (χ2n) is 4.76. The van der Waals surface area contributed by atoms with Crippen molar-refractivity contribution >= 4 is 16.7 Å². The molecule has 92 valence electrons. The van der Waals surface area contributed by atoms with E-state index >= 15 is 0 Å². The van der Waals surface area contributed by atoms with Crippen molar-refractivity contribution in [2.24, 2.45) is 7.05 Å². The normalized spacial score (nSPS) is 10.6. The molecule has 0 aliphatic carbocycles. The third-order valence-electron chi connectivity index (χ3n) is 3.43. The molecule has 3 heteroatoms. The van der Waals surface area contributed by atoms with Gasteiger partial charge in [0.25, 0.3) is 0 Å². The summed E-state index contributed by atoms with van der Waals surface area (Å²) in [5.74, 6) is -0.0920. The van der Waals surface area contributed by atoms with E-state index in [-0.39, 0.29) is 12.2 Å². The van der Waals surface area contributed by atoms with Gasteiger partial charge in [0.1, 0.15) is 0 Å². The van der Waals surface area contributed by atoms with E-state index < -0.39 is 0 Å². The fraction of sp³-hybridized carbons (Fsp3) is 0.333. The third kappa shape index (κ3) is 1.70. The number of ketones is 1. The number of nitrogens with zero attached hydrogens (tertiary/aromatic N) is 2. The van der Waals surface area contributed by atoms with Gasteiger partial charge in [0.2, 0.25) is 0 Å². The molecular weight excluding hydrogens is 224 g/mol. The average molecular weight is 240 g/mol. The Kier molecular flexibility index (Phi) is 2.96. The van der Waals surface area contributed by atoms with Gasteiger partial charge in [-0.3, -0.25) is 4.79 Å². The fourth-order valence-corrected chi connectivity index (χ4v) is 2.64. The summed E-state index contributed by atoms with van der Waals surface area (Å²) >= 11 is 0. The summed E-state index contributed by atoms with van der Waals surface area (Å²) in [6.45, 7) is 6.00. The van der Waals surface area contributed by atoms with Crippen LogP contribution >= 0.6 is 0 Å². The van der Waals surface area contributed by atoms with Gasteiger partial charge in [0, 0.05) is 23.7 Å². The Hall–Kier alpha value is -2.08. The number of carbonyl (C=O) groups is 1. The minimum Gasteiger partial charge on any atom is -0.347 e. The van der Waals surface area contributed by atoms with Crippen LogP contribution in [-0.2, 0) is 7.05 Å². The Balaban J connectivity index is 2.86. The lowest BCUT2D eigenvalue weighted by Gasteiger charge is -2.03. The van der Waals surface area contributed by atoms with Crippen LogP contribution in [0.4, 0.5) is 0 Å². The molecule has 0 radical (unpaired) electrons. The molecule has 0 aliphatic rings. The summed E-state index contributed by atoms with van der Waals surface area (Å²) in [6.07, 6.45) is -0.0626. The van der Waals surface area contributed by atoms with E-state index in [0.717, 1.165) is 27.7 Å². The zero-order valence-corrected chi connectivity index (χ0v) is 11.2. The topological polar surface area (TPSA) is 45.8 Å². The van der Waals surface area contributed by atoms with Gasteiger partial charge in [-0.25, -0.2) is 0 Å². The van der Waals surface area contributed by atoms with Crippen LogP contribution in [0.1, 0.15) is 33.6 Å². The van der Waals surface area contributed by atoms with Crippen molar-refractivity contribution in [2.45, 2.75) is 27.2 Å². The summed E-state index contributed by atoms with van der Waals surface area (Å²) in [5, 5.41) is 9.66. The Bertz CT molecular complexity index is 687. The Morgan fingerprint density at radius 2 is 2.00 bits per heavy atom. The average Bonchev–Trinajstić information content (AvgIpc) is 2.51. The maximum absolute atomic E-state index is 12.1. The van der Waals surface area contributed by atoms with Crippen molar-refractivity contribution in [3.05, 3.63) is 34.5 Å². The highest BCUT2D eigenvalue weighted by molar-refractivity contribution is 6.10. The van der Waals surface area contributed by atoms with E-state index in [9.17, 15) is 4.79 Å². The SMILES string of the molecule is Cc1cc(C)c2c(c1)c(C(=O)CC#N)c(C)n2C. The summed E-state index contributed by atoms with van der Waals surface area (Å²) < 4.78 is 2.04. The summed E-state index contributed by atoms with van der Waals surface area (Å²) in [6, 6.07) is 6.08. The van der Waals surface area contributed by atoms with Gasteiger partial charge in [-0.15, -0.1) is 0 Å². The Labute approximate surface area is 107 Å². The van der Waals surface area contributed by atoms with Crippen molar-refractivity contribution in [1.29, 1.82) is 5.26 Å². The molecule has 0 fully saturated rings. The molecule has 2 aromatic rings. The van der Waals surface area contributed by atoms with Gasteiger partial charge < -0.3 is 4.57 Å². The maximum atomic E-state index is 12.1. The first-order valence-electron chi connectivity index (χ1n) is 5.93. The monoisotopic (exact) mass is 240 g/mol. The number of hydrogen-bond donors (Lipinski definition) is 0. The van der Waals surface area contributed by atoms with Gasteiger partial charge in [-0.2, -0.15) is 5.26 Å². The van der Waals surface area contributed by atoms with Crippen LogP contribution in [0, 0.1) is 32.1 Å². The summed E-state index contributed by atoms with van der Waals surface area (Å²) in [4.78, 5) is 12.1. The van der Waals surface area contributed by atoms with Crippen molar-refractivity contribution in [3.63, 3.8) is 0 Å². The summed E-state index contributed by atoms with van der Waals surface area (Å²) in [5.41, 5.74) is 5.00. The van der Waals surface area contributed by atoms with E-state index in [0.29, 0.717) is 5.56 Å². The predicted octanol–water partition coefficient (Wildman–Crippen LogP) is 3.20. The number of benzene rings is 1. The molecule has 18 heavy (non-hydrogen) atoms. The van der Waals surface area contributed by atoms with Crippen molar-refractivity contribution in [3.8, 4) is 6.07 Å². The molecule has 0 N–H and O–H groups in total. The molecule has 0 spiro atoms. The van der Waals surface area contributed by atoms with Gasteiger partial charge in [0.05, 0.1) is 18.0 Å². The molecule has 1 aromatic carbocycles. The molecule has 0 amide bonds. The molecule has 1 heterocycles. The first-order chi connectivity index (χ1) is 8.47. The zero-order valence-electron chi connectivity index (χ0n) is 11.2. The number of fused-ring (bicyclic) bond motifs is 1.